The molecule has 0 radical (unpaired) electrons. The standard InChI is InChI=1S/C16H25ClN2/c1-12-13(7-8-16(12)17)11-14-9-10-19(18-14)15-5-3-2-4-6-15/h9-10,12-13,15-16H,2-8,11H2,1H3. The lowest BCUT2D eigenvalue weighted by molar-refractivity contribution is 0.326. The van der Waals surface area contributed by atoms with E-state index < -0.39 is 0 Å². The van der Waals surface area contributed by atoms with Gasteiger partial charge in [0.1, 0.15) is 0 Å². The van der Waals surface area contributed by atoms with Crippen molar-refractivity contribution in [2.24, 2.45) is 11.8 Å². The largest absolute Gasteiger partial charge is 0.269 e. The van der Waals surface area contributed by atoms with Crippen molar-refractivity contribution in [3.05, 3.63) is 18.0 Å². The van der Waals surface area contributed by atoms with Gasteiger partial charge in [-0.1, -0.05) is 26.2 Å². The summed E-state index contributed by atoms with van der Waals surface area (Å²) < 4.78 is 2.23. The number of hydrogen-bond acceptors (Lipinski definition) is 1. The molecule has 2 nitrogen and oxygen atoms in total. The summed E-state index contributed by atoms with van der Waals surface area (Å²) in [6.07, 6.45) is 12.5. The zero-order chi connectivity index (χ0) is 13.2. The van der Waals surface area contributed by atoms with Gasteiger partial charge in [-0.15, -0.1) is 11.6 Å². The Balaban J connectivity index is 1.61. The smallest absolute Gasteiger partial charge is 0.0627 e. The van der Waals surface area contributed by atoms with E-state index in [0.717, 1.165) is 12.3 Å². The Morgan fingerprint density at radius 2 is 2.00 bits per heavy atom. The van der Waals surface area contributed by atoms with E-state index in [9.17, 15) is 0 Å². The second kappa shape index (κ2) is 5.87. The molecule has 2 saturated carbocycles. The maximum Gasteiger partial charge on any atom is 0.0627 e. The normalized spacial score (nSPS) is 32.8. The summed E-state index contributed by atoms with van der Waals surface area (Å²) in [6.45, 7) is 2.30. The van der Waals surface area contributed by atoms with Gasteiger partial charge in [0, 0.05) is 11.6 Å². The highest BCUT2D eigenvalue weighted by Crippen LogP contribution is 2.37. The third-order valence-corrected chi connectivity index (χ3v) is 5.83. The van der Waals surface area contributed by atoms with Crippen molar-refractivity contribution in [2.75, 3.05) is 0 Å². The number of nitrogens with zero attached hydrogens (tertiary/aromatic N) is 2. The molecule has 2 aliphatic rings. The van der Waals surface area contributed by atoms with Crippen LogP contribution in [0.1, 0.15) is 63.6 Å². The molecule has 106 valence electrons. The van der Waals surface area contributed by atoms with Crippen LogP contribution in [-0.4, -0.2) is 15.2 Å². The second-order valence-corrected chi connectivity index (χ2v) is 7.06. The molecule has 1 aromatic rings. The van der Waals surface area contributed by atoms with Gasteiger partial charge < -0.3 is 0 Å². The van der Waals surface area contributed by atoms with Gasteiger partial charge in [0.2, 0.25) is 0 Å². The molecule has 0 bridgehead atoms. The Labute approximate surface area is 121 Å². The van der Waals surface area contributed by atoms with Crippen molar-refractivity contribution >= 4 is 11.6 Å². The molecule has 19 heavy (non-hydrogen) atoms. The van der Waals surface area contributed by atoms with Crippen LogP contribution in [0.3, 0.4) is 0 Å². The fourth-order valence-corrected chi connectivity index (χ4v) is 4.12. The van der Waals surface area contributed by atoms with Crippen LogP contribution in [0.25, 0.3) is 0 Å². The highest BCUT2D eigenvalue weighted by atomic mass is 35.5. The van der Waals surface area contributed by atoms with Gasteiger partial charge in [-0.25, -0.2) is 0 Å². The SMILES string of the molecule is CC1C(Cl)CCC1Cc1ccn(C2CCCCC2)n1. The van der Waals surface area contributed by atoms with Crippen molar-refractivity contribution in [3.8, 4) is 0 Å². The van der Waals surface area contributed by atoms with Crippen LogP contribution in [0.2, 0.25) is 0 Å². The highest BCUT2D eigenvalue weighted by Gasteiger charge is 2.31. The van der Waals surface area contributed by atoms with Crippen molar-refractivity contribution in [1.29, 1.82) is 0 Å². The number of halogens is 1. The first kappa shape index (κ1) is 13.5. The third kappa shape index (κ3) is 2.99. The summed E-state index contributed by atoms with van der Waals surface area (Å²) in [4.78, 5) is 0. The van der Waals surface area contributed by atoms with Crippen LogP contribution in [0.4, 0.5) is 0 Å². The van der Waals surface area contributed by atoms with Crippen molar-refractivity contribution < 1.29 is 0 Å². The Morgan fingerprint density at radius 1 is 1.21 bits per heavy atom. The van der Waals surface area contributed by atoms with Crippen molar-refractivity contribution in [1.82, 2.24) is 9.78 Å². The number of rotatable bonds is 3. The average Bonchev–Trinajstić information content (AvgIpc) is 3.02. The van der Waals surface area contributed by atoms with Crippen LogP contribution >= 0.6 is 11.6 Å². The maximum absolute atomic E-state index is 6.32. The second-order valence-electron chi connectivity index (χ2n) is 6.50. The lowest BCUT2D eigenvalue weighted by Crippen LogP contribution is -2.15. The fraction of sp³-hybridized carbons (Fsp3) is 0.812. The molecule has 0 N–H and O–H groups in total. The molecule has 0 aliphatic heterocycles. The minimum Gasteiger partial charge on any atom is -0.269 e. The van der Waals surface area contributed by atoms with Gasteiger partial charge in [-0.3, -0.25) is 4.68 Å². The van der Waals surface area contributed by atoms with Crippen LogP contribution < -0.4 is 0 Å². The van der Waals surface area contributed by atoms with Gasteiger partial charge >= 0.3 is 0 Å². The van der Waals surface area contributed by atoms with Gasteiger partial charge in [-0.05, 0) is 50.0 Å². The molecule has 1 aromatic heterocycles. The van der Waals surface area contributed by atoms with E-state index in [4.69, 9.17) is 16.7 Å². The van der Waals surface area contributed by atoms with E-state index in [1.807, 2.05) is 0 Å². The van der Waals surface area contributed by atoms with E-state index in [1.165, 1.54) is 50.6 Å². The first-order valence-electron chi connectivity index (χ1n) is 7.92. The van der Waals surface area contributed by atoms with E-state index in [2.05, 4.69) is 23.9 Å². The minimum atomic E-state index is 0.380. The molecule has 3 atom stereocenters. The molecule has 3 heteroatoms. The predicted molar refractivity (Wildman–Crippen MR) is 79.6 cm³/mol. The molecule has 1 heterocycles. The highest BCUT2D eigenvalue weighted by molar-refractivity contribution is 6.20. The number of hydrogen-bond donors (Lipinski definition) is 0. The topological polar surface area (TPSA) is 17.8 Å². The van der Waals surface area contributed by atoms with Crippen molar-refractivity contribution in [3.63, 3.8) is 0 Å². The van der Waals surface area contributed by atoms with Gasteiger partial charge in [0.25, 0.3) is 0 Å². The monoisotopic (exact) mass is 280 g/mol. The first-order chi connectivity index (χ1) is 9.24. The van der Waals surface area contributed by atoms with Crippen LogP contribution in [0.15, 0.2) is 12.3 Å². The quantitative estimate of drug-likeness (QED) is 0.741. The zero-order valence-electron chi connectivity index (χ0n) is 11.9. The van der Waals surface area contributed by atoms with E-state index >= 15 is 0 Å². The zero-order valence-corrected chi connectivity index (χ0v) is 12.6. The van der Waals surface area contributed by atoms with E-state index in [1.54, 1.807) is 0 Å². The molecule has 0 amide bonds. The first-order valence-corrected chi connectivity index (χ1v) is 8.36. The lowest BCUT2D eigenvalue weighted by atomic mass is 9.93. The molecule has 3 unspecified atom stereocenters. The molecule has 0 aromatic carbocycles. The van der Waals surface area contributed by atoms with Gasteiger partial charge in [-0.2, -0.15) is 5.10 Å². The lowest BCUT2D eigenvalue weighted by Gasteiger charge is -2.22. The Bertz CT molecular complexity index is 409. The molecule has 2 fully saturated rings. The molecular weight excluding hydrogens is 256 g/mol. The summed E-state index contributed by atoms with van der Waals surface area (Å²) in [5, 5.41) is 5.21. The molecule has 0 spiro atoms. The van der Waals surface area contributed by atoms with Crippen molar-refractivity contribution in [2.45, 2.75) is 69.7 Å². The Morgan fingerprint density at radius 3 is 2.68 bits per heavy atom. The fourth-order valence-electron chi connectivity index (χ4n) is 3.79. The minimum absolute atomic E-state index is 0.380. The summed E-state index contributed by atoms with van der Waals surface area (Å²) in [7, 11) is 0. The number of aromatic nitrogens is 2. The van der Waals surface area contributed by atoms with Crippen LogP contribution in [0, 0.1) is 11.8 Å². The Kier molecular flexibility index (Phi) is 4.16. The summed E-state index contributed by atoms with van der Waals surface area (Å²) in [5.41, 5.74) is 1.27. The van der Waals surface area contributed by atoms with Crippen LogP contribution in [0.5, 0.6) is 0 Å². The van der Waals surface area contributed by atoms with Gasteiger partial charge in [0.05, 0.1) is 11.7 Å². The van der Waals surface area contributed by atoms with Gasteiger partial charge in [0.15, 0.2) is 0 Å². The van der Waals surface area contributed by atoms with Crippen LogP contribution in [-0.2, 0) is 6.42 Å². The number of alkyl halides is 1. The molecular formula is C16H25ClN2. The molecule has 2 aliphatic carbocycles. The molecule has 0 saturated heterocycles. The van der Waals surface area contributed by atoms with E-state index in [-0.39, 0.29) is 0 Å². The summed E-state index contributed by atoms with van der Waals surface area (Å²) in [6, 6.07) is 2.88. The third-order valence-electron chi connectivity index (χ3n) is 5.21. The van der Waals surface area contributed by atoms with E-state index in [0.29, 0.717) is 17.3 Å². The predicted octanol–water partition coefficient (Wildman–Crippen LogP) is 4.58. The maximum atomic E-state index is 6.32. The average molecular weight is 281 g/mol. The molecule has 3 rings (SSSR count). The Hall–Kier alpha value is -0.500. The summed E-state index contributed by atoms with van der Waals surface area (Å²) >= 11 is 6.32. The summed E-state index contributed by atoms with van der Waals surface area (Å²) in [5.74, 6) is 1.37.